The van der Waals surface area contributed by atoms with Crippen molar-refractivity contribution in [2.75, 3.05) is 0 Å². The van der Waals surface area contributed by atoms with E-state index in [1.807, 2.05) is 25.1 Å². The van der Waals surface area contributed by atoms with Crippen molar-refractivity contribution < 1.29 is 0 Å². The monoisotopic (exact) mass is 341 g/mol. The first-order chi connectivity index (χ1) is 8.84. The van der Waals surface area contributed by atoms with E-state index in [-0.39, 0.29) is 5.54 Å². The highest BCUT2D eigenvalue weighted by Crippen LogP contribution is 2.29. The van der Waals surface area contributed by atoms with Gasteiger partial charge in [0.05, 0.1) is 5.33 Å². The fourth-order valence-electron chi connectivity index (χ4n) is 2.03. The molecule has 102 valence electrons. The summed E-state index contributed by atoms with van der Waals surface area (Å²) in [5.41, 5.74) is 1.97. The van der Waals surface area contributed by atoms with Crippen LogP contribution in [0.3, 0.4) is 0 Å². The van der Waals surface area contributed by atoms with Gasteiger partial charge in [0.2, 0.25) is 0 Å². The minimum atomic E-state index is -0.0840. The van der Waals surface area contributed by atoms with Gasteiger partial charge in [-0.3, -0.25) is 0 Å². The fourth-order valence-corrected chi connectivity index (χ4v) is 2.57. The average Bonchev–Trinajstić information content (AvgIpc) is 2.76. The first kappa shape index (κ1) is 14.5. The lowest BCUT2D eigenvalue weighted by atomic mass is 10.1. The largest absolute Gasteiger partial charge is 0.305 e. The van der Waals surface area contributed by atoms with E-state index in [0.29, 0.717) is 5.33 Å². The van der Waals surface area contributed by atoms with E-state index in [1.54, 1.807) is 0 Å². The number of rotatable bonds is 2. The van der Waals surface area contributed by atoms with Crippen molar-refractivity contribution in [3.63, 3.8) is 0 Å². The topological polar surface area (TPSA) is 30.7 Å². The van der Waals surface area contributed by atoms with Gasteiger partial charge in [-0.1, -0.05) is 39.7 Å². The van der Waals surface area contributed by atoms with Gasteiger partial charge in [-0.05, 0) is 39.3 Å². The number of halogens is 2. The Hall–Kier alpha value is -0.870. The highest BCUT2D eigenvalue weighted by molar-refractivity contribution is 9.08. The minimum absolute atomic E-state index is 0.0840. The third kappa shape index (κ3) is 2.84. The molecule has 3 nitrogen and oxygen atoms in total. The molecule has 0 amide bonds. The third-order valence-electron chi connectivity index (χ3n) is 2.95. The third-order valence-corrected chi connectivity index (χ3v) is 3.86. The maximum absolute atomic E-state index is 6.20. The Morgan fingerprint density at radius 2 is 1.95 bits per heavy atom. The molecule has 5 heteroatoms. The molecule has 0 unspecified atom stereocenters. The highest BCUT2D eigenvalue weighted by atomic mass is 79.9. The molecule has 2 aromatic rings. The molecule has 0 saturated heterocycles. The number of aryl methyl sites for hydroxylation is 1. The number of aromatic nitrogens is 3. The number of alkyl halides is 1. The SMILES string of the molecule is Cc1ccc(-c2nnc(CBr)n2C(C)(C)C)cc1Cl. The number of nitrogens with zero attached hydrogens (tertiary/aromatic N) is 3. The van der Waals surface area contributed by atoms with Crippen molar-refractivity contribution in [3.8, 4) is 11.4 Å². The molecular formula is C14H17BrClN3. The summed E-state index contributed by atoms with van der Waals surface area (Å²) >= 11 is 9.67. The van der Waals surface area contributed by atoms with Gasteiger partial charge in [0.25, 0.3) is 0 Å². The van der Waals surface area contributed by atoms with Crippen LogP contribution in [0.25, 0.3) is 11.4 Å². The fraction of sp³-hybridized carbons (Fsp3) is 0.429. The van der Waals surface area contributed by atoms with Crippen LogP contribution in [0, 0.1) is 6.92 Å². The van der Waals surface area contributed by atoms with Gasteiger partial charge < -0.3 is 4.57 Å². The van der Waals surface area contributed by atoms with Gasteiger partial charge in [0, 0.05) is 16.1 Å². The molecule has 19 heavy (non-hydrogen) atoms. The van der Waals surface area contributed by atoms with E-state index < -0.39 is 0 Å². The van der Waals surface area contributed by atoms with Crippen LogP contribution in [-0.4, -0.2) is 14.8 Å². The lowest BCUT2D eigenvalue weighted by molar-refractivity contribution is 0.391. The second kappa shape index (κ2) is 5.25. The van der Waals surface area contributed by atoms with Gasteiger partial charge in [0.15, 0.2) is 5.82 Å². The molecule has 0 bridgehead atoms. The van der Waals surface area contributed by atoms with Crippen molar-refractivity contribution in [2.24, 2.45) is 0 Å². The molecule has 1 aromatic heterocycles. The minimum Gasteiger partial charge on any atom is -0.305 e. The summed E-state index contributed by atoms with van der Waals surface area (Å²) in [6.07, 6.45) is 0. The quantitative estimate of drug-likeness (QED) is 0.749. The molecule has 1 aromatic carbocycles. The molecule has 0 saturated carbocycles. The maximum Gasteiger partial charge on any atom is 0.164 e. The van der Waals surface area contributed by atoms with Crippen LogP contribution in [0.1, 0.15) is 32.2 Å². The van der Waals surface area contributed by atoms with Gasteiger partial charge in [-0.25, -0.2) is 0 Å². The molecule has 2 rings (SSSR count). The Bertz CT molecular complexity index is 599. The summed E-state index contributed by atoms with van der Waals surface area (Å²) < 4.78 is 2.14. The molecule has 0 spiro atoms. The van der Waals surface area contributed by atoms with Gasteiger partial charge >= 0.3 is 0 Å². The van der Waals surface area contributed by atoms with Crippen LogP contribution in [0.5, 0.6) is 0 Å². The molecule has 0 aliphatic heterocycles. The molecule has 1 heterocycles. The second-order valence-corrected chi connectivity index (χ2v) is 6.51. The van der Waals surface area contributed by atoms with Crippen molar-refractivity contribution in [1.82, 2.24) is 14.8 Å². The average molecular weight is 343 g/mol. The van der Waals surface area contributed by atoms with Crippen LogP contribution in [-0.2, 0) is 10.9 Å². The summed E-state index contributed by atoms with van der Waals surface area (Å²) in [6, 6.07) is 5.99. The van der Waals surface area contributed by atoms with Crippen LogP contribution >= 0.6 is 27.5 Å². The zero-order valence-electron chi connectivity index (χ0n) is 11.5. The molecule has 0 radical (unpaired) electrons. The van der Waals surface area contributed by atoms with Crippen LogP contribution < -0.4 is 0 Å². The Labute approximate surface area is 127 Å². The lowest BCUT2D eigenvalue weighted by Gasteiger charge is -2.24. The van der Waals surface area contributed by atoms with Crippen LogP contribution in [0.15, 0.2) is 18.2 Å². The summed E-state index contributed by atoms with van der Waals surface area (Å²) in [4.78, 5) is 0. The second-order valence-electron chi connectivity index (χ2n) is 5.54. The van der Waals surface area contributed by atoms with Crippen molar-refractivity contribution in [2.45, 2.75) is 38.6 Å². The summed E-state index contributed by atoms with van der Waals surface area (Å²) in [7, 11) is 0. The standard InChI is InChI=1S/C14H17BrClN3/c1-9-5-6-10(7-11(9)16)13-18-17-12(8-15)19(13)14(2,3)4/h5-7H,8H2,1-4H3. The van der Waals surface area contributed by atoms with E-state index in [0.717, 1.165) is 27.8 Å². The molecule has 0 N–H and O–H groups in total. The summed E-state index contributed by atoms with van der Waals surface area (Å²) in [5, 5.41) is 10.0. The Balaban J connectivity index is 2.62. The van der Waals surface area contributed by atoms with Gasteiger partial charge in [0.1, 0.15) is 5.82 Å². The lowest BCUT2D eigenvalue weighted by Crippen LogP contribution is -2.24. The predicted molar refractivity (Wildman–Crippen MR) is 82.8 cm³/mol. The summed E-state index contributed by atoms with van der Waals surface area (Å²) in [6.45, 7) is 8.41. The highest BCUT2D eigenvalue weighted by Gasteiger charge is 2.23. The maximum atomic E-state index is 6.20. The number of hydrogen-bond donors (Lipinski definition) is 0. The first-order valence-electron chi connectivity index (χ1n) is 6.12. The van der Waals surface area contributed by atoms with Crippen molar-refractivity contribution in [1.29, 1.82) is 0 Å². The Kier molecular flexibility index (Phi) is 4.02. The number of hydrogen-bond acceptors (Lipinski definition) is 2. The zero-order valence-corrected chi connectivity index (χ0v) is 13.9. The zero-order chi connectivity index (χ0) is 14.2. The normalized spacial score (nSPS) is 11.9. The molecule has 0 fully saturated rings. The Morgan fingerprint density at radius 1 is 1.26 bits per heavy atom. The van der Waals surface area contributed by atoms with E-state index in [1.165, 1.54) is 0 Å². The first-order valence-corrected chi connectivity index (χ1v) is 7.62. The molecule has 0 aliphatic rings. The van der Waals surface area contributed by atoms with Crippen LogP contribution in [0.2, 0.25) is 5.02 Å². The van der Waals surface area contributed by atoms with E-state index in [2.05, 4.69) is 51.5 Å². The molecule has 0 aliphatic carbocycles. The number of benzene rings is 1. The van der Waals surface area contributed by atoms with Crippen molar-refractivity contribution >= 4 is 27.5 Å². The van der Waals surface area contributed by atoms with Gasteiger partial charge in [-0.15, -0.1) is 10.2 Å². The smallest absolute Gasteiger partial charge is 0.164 e. The van der Waals surface area contributed by atoms with E-state index in [4.69, 9.17) is 11.6 Å². The predicted octanol–water partition coefficient (Wildman–Crippen LogP) is 4.56. The Morgan fingerprint density at radius 3 is 2.47 bits per heavy atom. The molecule has 0 atom stereocenters. The molecular weight excluding hydrogens is 326 g/mol. The van der Waals surface area contributed by atoms with E-state index >= 15 is 0 Å². The van der Waals surface area contributed by atoms with Crippen LogP contribution in [0.4, 0.5) is 0 Å². The van der Waals surface area contributed by atoms with Crippen molar-refractivity contribution in [3.05, 3.63) is 34.6 Å². The van der Waals surface area contributed by atoms with E-state index in [9.17, 15) is 0 Å². The van der Waals surface area contributed by atoms with Gasteiger partial charge in [-0.2, -0.15) is 0 Å². The summed E-state index contributed by atoms with van der Waals surface area (Å²) in [5.74, 6) is 1.77.